The van der Waals surface area contributed by atoms with Gasteiger partial charge in [0.25, 0.3) is 0 Å². The number of fused-ring (bicyclic) bond motifs is 1. The van der Waals surface area contributed by atoms with E-state index in [4.69, 9.17) is 11.6 Å². The summed E-state index contributed by atoms with van der Waals surface area (Å²) < 4.78 is 0. The number of halogens is 1. The molecule has 1 aromatic heterocycles. The van der Waals surface area contributed by atoms with Crippen molar-refractivity contribution < 1.29 is 9.90 Å². The lowest BCUT2D eigenvalue weighted by Crippen LogP contribution is -2.06. The van der Waals surface area contributed by atoms with Gasteiger partial charge in [-0.2, -0.15) is 0 Å². The lowest BCUT2D eigenvalue weighted by molar-refractivity contribution is 0.0698. The number of hydrogen-bond acceptors (Lipinski definition) is 2. The molecule has 18 heavy (non-hydrogen) atoms. The van der Waals surface area contributed by atoms with Gasteiger partial charge in [0.2, 0.25) is 0 Å². The molecule has 92 valence electrons. The normalized spacial score (nSPS) is 15.0. The number of nitrogens with zero attached hydrogens (tertiary/aromatic N) is 1. The molecule has 0 unspecified atom stereocenters. The van der Waals surface area contributed by atoms with E-state index in [1.165, 1.54) is 0 Å². The number of pyridine rings is 1. The van der Waals surface area contributed by atoms with E-state index in [2.05, 4.69) is 4.98 Å². The molecule has 1 aliphatic carbocycles. The van der Waals surface area contributed by atoms with Crippen LogP contribution in [0.4, 0.5) is 0 Å². The Morgan fingerprint density at radius 3 is 2.78 bits per heavy atom. The Kier molecular flexibility index (Phi) is 2.52. The van der Waals surface area contributed by atoms with Crippen molar-refractivity contribution in [3.05, 3.63) is 40.0 Å². The molecule has 1 aromatic carbocycles. The van der Waals surface area contributed by atoms with E-state index in [0.29, 0.717) is 27.4 Å². The van der Waals surface area contributed by atoms with Crippen LogP contribution >= 0.6 is 11.6 Å². The first-order valence-electron chi connectivity index (χ1n) is 5.91. The SMILES string of the molecule is Cc1c(C2CC2)nc2cc(Cl)ccc2c1C(=O)O. The van der Waals surface area contributed by atoms with Crippen molar-refractivity contribution in [2.24, 2.45) is 0 Å². The first-order chi connectivity index (χ1) is 8.58. The molecule has 1 saturated carbocycles. The Morgan fingerprint density at radius 1 is 1.44 bits per heavy atom. The van der Waals surface area contributed by atoms with Gasteiger partial charge in [0.1, 0.15) is 0 Å². The third-order valence-electron chi connectivity index (χ3n) is 3.41. The molecule has 1 aliphatic rings. The number of carboxylic acids is 1. The largest absolute Gasteiger partial charge is 0.478 e. The molecule has 1 heterocycles. The molecule has 1 N–H and O–H groups in total. The van der Waals surface area contributed by atoms with Crippen molar-refractivity contribution in [2.75, 3.05) is 0 Å². The zero-order chi connectivity index (χ0) is 12.9. The highest BCUT2D eigenvalue weighted by Crippen LogP contribution is 2.42. The fourth-order valence-corrected chi connectivity index (χ4v) is 2.55. The molecule has 0 bridgehead atoms. The van der Waals surface area contributed by atoms with E-state index in [1.54, 1.807) is 18.2 Å². The van der Waals surface area contributed by atoms with Gasteiger partial charge in [0.05, 0.1) is 11.1 Å². The Morgan fingerprint density at radius 2 is 2.17 bits per heavy atom. The van der Waals surface area contributed by atoms with E-state index >= 15 is 0 Å². The summed E-state index contributed by atoms with van der Waals surface area (Å²) in [6.07, 6.45) is 2.19. The quantitative estimate of drug-likeness (QED) is 0.895. The maximum atomic E-state index is 11.5. The predicted octanol–water partition coefficient (Wildman–Crippen LogP) is 3.77. The highest BCUT2D eigenvalue weighted by atomic mass is 35.5. The summed E-state index contributed by atoms with van der Waals surface area (Å²) in [5, 5.41) is 10.6. The minimum atomic E-state index is -0.899. The van der Waals surface area contributed by atoms with Gasteiger partial charge < -0.3 is 5.11 Å². The Labute approximate surface area is 109 Å². The summed E-state index contributed by atoms with van der Waals surface area (Å²) in [4.78, 5) is 16.0. The van der Waals surface area contributed by atoms with Gasteiger partial charge in [-0.15, -0.1) is 0 Å². The molecule has 0 radical (unpaired) electrons. The van der Waals surface area contributed by atoms with Crippen LogP contribution in [0.5, 0.6) is 0 Å². The van der Waals surface area contributed by atoms with Crippen LogP contribution in [0.3, 0.4) is 0 Å². The zero-order valence-corrected chi connectivity index (χ0v) is 10.7. The van der Waals surface area contributed by atoms with E-state index in [-0.39, 0.29) is 0 Å². The first-order valence-corrected chi connectivity index (χ1v) is 6.29. The molecule has 3 nitrogen and oxygen atoms in total. The lowest BCUT2D eigenvalue weighted by atomic mass is 9.99. The number of rotatable bonds is 2. The van der Waals surface area contributed by atoms with Gasteiger partial charge in [0.15, 0.2) is 0 Å². The van der Waals surface area contributed by atoms with Gasteiger partial charge in [-0.3, -0.25) is 4.98 Å². The second kappa shape index (κ2) is 3.95. The van der Waals surface area contributed by atoms with Crippen molar-refractivity contribution in [3.63, 3.8) is 0 Å². The summed E-state index contributed by atoms with van der Waals surface area (Å²) in [6.45, 7) is 1.85. The van der Waals surface area contributed by atoms with Gasteiger partial charge in [-0.25, -0.2) is 4.79 Å². The molecule has 0 aliphatic heterocycles. The van der Waals surface area contributed by atoms with Crippen molar-refractivity contribution >= 4 is 28.5 Å². The second-order valence-electron chi connectivity index (χ2n) is 4.74. The first kappa shape index (κ1) is 11.5. The summed E-state index contributed by atoms with van der Waals surface area (Å²) in [5.41, 5.74) is 2.74. The summed E-state index contributed by atoms with van der Waals surface area (Å²) in [7, 11) is 0. The summed E-state index contributed by atoms with van der Waals surface area (Å²) in [6, 6.07) is 5.17. The molecule has 1 fully saturated rings. The number of carboxylic acid groups (broad SMARTS) is 1. The number of aromatic carboxylic acids is 1. The summed E-state index contributed by atoms with van der Waals surface area (Å²) in [5.74, 6) is -0.476. The average Bonchev–Trinajstić information content (AvgIpc) is 3.12. The molecule has 0 saturated heterocycles. The second-order valence-corrected chi connectivity index (χ2v) is 5.17. The maximum Gasteiger partial charge on any atom is 0.336 e. The van der Waals surface area contributed by atoms with Gasteiger partial charge >= 0.3 is 5.97 Å². The minimum absolute atomic E-state index is 0.360. The average molecular weight is 262 g/mol. The van der Waals surface area contributed by atoms with Gasteiger partial charge in [-0.1, -0.05) is 17.7 Å². The van der Waals surface area contributed by atoms with Gasteiger partial charge in [-0.05, 0) is 37.5 Å². The van der Waals surface area contributed by atoms with Crippen LogP contribution in [0, 0.1) is 6.92 Å². The van der Waals surface area contributed by atoms with Gasteiger partial charge in [0, 0.05) is 22.0 Å². The van der Waals surface area contributed by atoms with E-state index in [0.717, 1.165) is 24.1 Å². The molecule has 0 amide bonds. The Hall–Kier alpha value is -1.61. The molecular weight excluding hydrogens is 250 g/mol. The number of aromatic nitrogens is 1. The van der Waals surface area contributed by atoms with E-state index in [9.17, 15) is 9.90 Å². The number of hydrogen-bond donors (Lipinski definition) is 1. The number of benzene rings is 1. The van der Waals surface area contributed by atoms with Crippen molar-refractivity contribution in [2.45, 2.75) is 25.7 Å². The molecule has 2 aromatic rings. The van der Waals surface area contributed by atoms with Crippen molar-refractivity contribution in [1.82, 2.24) is 4.98 Å². The predicted molar refractivity (Wildman–Crippen MR) is 70.4 cm³/mol. The molecular formula is C14H12ClNO2. The molecule has 4 heteroatoms. The molecule has 0 atom stereocenters. The van der Waals surface area contributed by atoms with Crippen LogP contribution in [0.2, 0.25) is 5.02 Å². The van der Waals surface area contributed by atoms with Crippen LogP contribution in [0.1, 0.15) is 40.4 Å². The Bertz CT molecular complexity index is 662. The van der Waals surface area contributed by atoms with Crippen LogP contribution in [-0.4, -0.2) is 16.1 Å². The Balaban J connectivity index is 2.38. The topological polar surface area (TPSA) is 50.2 Å². The fourth-order valence-electron chi connectivity index (χ4n) is 2.38. The van der Waals surface area contributed by atoms with Crippen LogP contribution in [0.15, 0.2) is 18.2 Å². The van der Waals surface area contributed by atoms with E-state index in [1.807, 2.05) is 6.92 Å². The van der Waals surface area contributed by atoms with E-state index < -0.39 is 5.97 Å². The lowest BCUT2D eigenvalue weighted by Gasteiger charge is -2.11. The summed E-state index contributed by atoms with van der Waals surface area (Å²) >= 11 is 5.95. The molecule has 3 rings (SSSR count). The third kappa shape index (κ3) is 1.75. The zero-order valence-electron chi connectivity index (χ0n) is 9.90. The third-order valence-corrected chi connectivity index (χ3v) is 3.64. The minimum Gasteiger partial charge on any atom is -0.478 e. The van der Waals surface area contributed by atoms with Crippen molar-refractivity contribution in [3.8, 4) is 0 Å². The van der Waals surface area contributed by atoms with Crippen LogP contribution < -0.4 is 0 Å². The monoisotopic (exact) mass is 261 g/mol. The molecule has 0 spiro atoms. The highest BCUT2D eigenvalue weighted by molar-refractivity contribution is 6.31. The maximum absolute atomic E-state index is 11.5. The number of carbonyl (C=O) groups is 1. The smallest absolute Gasteiger partial charge is 0.336 e. The highest BCUT2D eigenvalue weighted by Gasteiger charge is 2.29. The standard InChI is InChI=1S/C14H12ClNO2/c1-7-12(14(17)18)10-5-4-9(15)6-11(10)16-13(7)8-2-3-8/h4-6,8H,2-3H2,1H3,(H,17,18). The van der Waals surface area contributed by atoms with Crippen molar-refractivity contribution in [1.29, 1.82) is 0 Å². The van der Waals surface area contributed by atoms with Crippen LogP contribution in [-0.2, 0) is 0 Å². The fraction of sp³-hybridized carbons (Fsp3) is 0.286. The van der Waals surface area contributed by atoms with Crippen LogP contribution in [0.25, 0.3) is 10.9 Å².